The van der Waals surface area contributed by atoms with Crippen molar-refractivity contribution in [1.29, 1.82) is 0 Å². The maximum atomic E-state index is 14.0. The summed E-state index contributed by atoms with van der Waals surface area (Å²) in [7, 11) is 0. The number of halogens is 1. The zero-order valence-corrected chi connectivity index (χ0v) is 15.7. The molecule has 144 valence electrons. The Hall–Kier alpha value is -2.79. The normalized spacial score (nSPS) is 16.3. The van der Waals surface area contributed by atoms with E-state index in [2.05, 4.69) is 17.1 Å². The molecule has 0 radical (unpaired) electrons. The first kappa shape index (κ1) is 18.6. The van der Waals surface area contributed by atoms with Crippen LogP contribution in [0.15, 0.2) is 60.9 Å². The molecular formula is C23H24FN3O. The molecule has 1 aliphatic heterocycles. The van der Waals surface area contributed by atoms with E-state index in [4.69, 9.17) is 5.73 Å². The first-order valence-electron chi connectivity index (χ1n) is 9.75. The number of pyridine rings is 1. The monoisotopic (exact) mass is 377 g/mol. The van der Waals surface area contributed by atoms with E-state index in [1.807, 2.05) is 23.1 Å². The van der Waals surface area contributed by atoms with Gasteiger partial charge in [-0.15, -0.1) is 0 Å². The predicted molar refractivity (Wildman–Crippen MR) is 109 cm³/mol. The first-order chi connectivity index (χ1) is 13.7. The van der Waals surface area contributed by atoms with Gasteiger partial charge in [0, 0.05) is 41.8 Å². The molecular weight excluding hydrogens is 353 g/mol. The van der Waals surface area contributed by atoms with Gasteiger partial charge in [0.2, 0.25) is 0 Å². The van der Waals surface area contributed by atoms with Gasteiger partial charge in [0.25, 0.3) is 5.91 Å². The number of fused-ring (bicyclic) bond motifs is 1. The smallest absolute Gasteiger partial charge is 0.254 e. The van der Waals surface area contributed by atoms with E-state index in [9.17, 15) is 9.18 Å². The molecule has 1 fully saturated rings. The number of piperidine rings is 1. The van der Waals surface area contributed by atoms with Gasteiger partial charge in [-0.05, 0) is 55.0 Å². The molecule has 5 heteroatoms. The zero-order chi connectivity index (χ0) is 19.5. The van der Waals surface area contributed by atoms with Gasteiger partial charge in [-0.25, -0.2) is 4.39 Å². The molecule has 4 nitrogen and oxygen atoms in total. The first-order valence-corrected chi connectivity index (χ1v) is 9.75. The number of likely N-dealkylation sites (tertiary alicyclic amines) is 1. The number of aromatic nitrogens is 1. The highest BCUT2D eigenvalue weighted by molar-refractivity contribution is 6.07. The third-order valence-corrected chi connectivity index (χ3v) is 5.87. The second-order valence-corrected chi connectivity index (χ2v) is 7.40. The highest BCUT2D eigenvalue weighted by Gasteiger charge is 2.29. The number of nitrogens with zero attached hydrogens (tertiary/aromatic N) is 2. The van der Waals surface area contributed by atoms with Gasteiger partial charge >= 0.3 is 0 Å². The van der Waals surface area contributed by atoms with Crippen LogP contribution in [0.5, 0.6) is 0 Å². The van der Waals surface area contributed by atoms with E-state index in [1.165, 1.54) is 17.8 Å². The number of hydrogen-bond donors (Lipinski definition) is 1. The summed E-state index contributed by atoms with van der Waals surface area (Å²) in [4.78, 5) is 19.0. The fourth-order valence-electron chi connectivity index (χ4n) is 4.32. The molecule has 0 aliphatic carbocycles. The Bertz CT molecular complexity index is 968. The standard InChI is InChI=1S/C23H24FN3O/c24-22-7-6-19(18-8-11-26-15-21(18)22)23(28)27-12-9-17(10-13-27)20(14-25)16-4-2-1-3-5-16/h1-8,11,15,17,20H,9-10,12-14,25H2. The van der Waals surface area contributed by atoms with Crippen molar-refractivity contribution in [2.45, 2.75) is 18.8 Å². The number of hydrogen-bond acceptors (Lipinski definition) is 3. The molecule has 0 bridgehead atoms. The number of amides is 1. The Balaban J connectivity index is 1.50. The van der Waals surface area contributed by atoms with Crippen LogP contribution in [0.3, 0.4) is 0 Å². The molecule has 1 atom stereocenters. The summed E-state index contributed by atoms with van der Waals surface area (Å²) in [6, 6.07) is 15.0. The molecule has 28 heavy (non-hydrogen) atoms. The second-order valence-electron chi connectivity index (χ2n) is 7.40. The summed E-state index contributed by atoms with van der Waals surface area (Å²) in [6.45, 7) is 1.99. The van der Waals surface area contributed by atoms with Gasteiger partial charge in [0.15, 0.2) is 0 Å². The maximum Gasteiger partial charge on any atom is 0.254 e. The van der Waals surface area contributed by atoms with Crippen molar-refractivity contribution in [2.75, 3.05) is 19.6 Å². The van der Waals surface area contributed by atoms with Crippen LogP contribution in [0.2, 0.25) is 0 Å². The molecule has 0 saturated carbocycles. The Morgan fingerprint density at radius 3 is 2.57 bits per heavy atom. The molecule has 1 aromatic heterocycles. The lowest BCUT2D eigenvalue weighted by molar-refractivity contribution is 0.0680. The highest BCUT2D eigenvalue weighted by atomic mass is 19.1. The van der Waals surface area contributed by atoms with Crippen LogP contribution in [-0.4, -0.2) is 35.4 Å². The van der Waals surface area contributed by atoms with Crippen LogP contribution >= 0.6 is 0 Å². The molecule has 4 rings (SSSR count). The van der Waals surface area contributed by atoms with E-state index in [1.54, 1.807) is 18.3 Å². The number of carbonyl (C=O) groups is 1. The summed E-state index contributed by atoms with van der Waals surface area (Å²) in [5, 5.41) is 1.00. The van der Waals surface area contributed by atoms with Gasteiger partial charge in [-0.3, -0.25) is 9.78 Å². The molecule has 1 aliphatic rings. The lowest BCUT2D eigenvalue weighted by Crippen LogP contribution is -2.40. The van der Waals surface area contributed by atoms with Gasteiger partial charge in [-0.1, -0.05) is 30.3 Å². The lowest BCUT2D eigenvalue weighted by Gasteiger charge is -2.36. The molecule has 1 unspecified atom stereocenters. The van der Waals surface area contributed by atoms with Crippen LogP contribution in [0.1, 0.15) is 34.7 Å². The fraction of sp³-hybridized carbons (Fsp3) is 0.304. The van der Waals surface area contributed by atoms with Gasteiger partial charge in [-0.2, -0.15) is 0 Å². The van der Waals surface area contributed by atoms with Crippen molar-refractivity contribution in [1.82, 2.24) is 9.88 Å². The summed E-state index contributed by atoms with van der Waals surface area (Å²) >= 11 is 0. The maximum absolute atomic E-state index is 14.0. The Morgan fingerprint density at radius 1 is 1.11 bits per heavy atom. The minimum Gasteiger partial charge on any atom is -0.339 e. The largest absolute Gasteiger partial charge is 0.339 e. The third kappa shape index (κ3) is 3.50. The van der Waals surface area contributed by atoms with E-state index >= 15 is 0 Å². The number of benzene rings is 2. The van der Waals surface area contributed by atoms with E-state index < -0.39 is 0 Å². The molecule has 1 saturated heterocycles. The van der Waals surface area contributed by atoms with Crippen molar-refractivity contribution >= 4 is 16.7 Å². The van der Waals surface area contributed by atoms with Crippen LogP contribution < -0.4 is 5.73 Å². The SMILES string of the molecule is NCC(c1ccccc1)C1CCN(C(=O)c2ccc(F)c3cnccc23)CC1. The zero-order valence-electron chi connectivity index (χ0n) is 15.7. The summed E-state index contributed by atoms with van der Waals surface area (Å²) in [5.74, 6) is 0.382. The highest BCUT2D eigenvalue weighted by Crippen LogP contribution is 2.33. The Kier molecular flexibility index (Phi) is 5.35. The van der Waals surface area contributed by atoms with Gasteiger partial charge in [0.05, 0.1) is 0 Å². The van der Waals surface area contributed by atoms with Crippen LogP contribution in [0.4, 0.5) is 4.39 Å². The van der Waals surface area contributed by atoms with E-state index in [0.717, 1.165) is 12.8 Å². The minimum absolute atomic E-state index is 0.0429. The average molecular weight is 377 g/mol. The predicted octanol–water partition coefficient (Wildman–Crippen LogP) is 3.97. The second kappa shape index (κ2) is 8.07. The molecule has 2 heterocycles. The minimum atomic E-state index is -0.355. The van der Waals surface area contributed by atoms with Crippen LogP contribution in [0, 0.1) is 11.7 Å². The Labute approximate surface area is 164 Å². The fourth-order valence-corrected chi connectivity index (χ4v) is 4.32. The van der Waals surface area contributed by atoms with Crippen molar-refractivity contribution < 1.29 is 9.18 Å². The van der Waals surface area contributed by atoms with E-state index in [0.29, 0.717) is 47.8 Å². The van der Waals surface area contributed by atoms with Gasteiger partial charge in [0.1, 0.15) is 5.82 Å². The molecule has 1 amide bonds. The lowest BCUT2D eigenvalue weighted by atomic mass is 9.80. The Morgan fingerprint density at radius 2 is 1.86 bits per heavy atom. The topological polar surface area (TPSA) is 59.2 Å². The van der Waals surface area contributed by atoms with Crippen molar-refractivity contribution in [3.8, 4) is 0 Å². The van der Waals surface area contributed by atoms with Crippen LogP contribution in [0.25, 0.3) is 10.8 Å². The van der Waals surface area contributed by atoms with Crippen molar-refractivity contribution in [3.63, 3.8) is 0 Å². The average Bonchev–Trinajstić information content (AvgIpc) is 2.76. The number of carbonyl (C=O) groups excluding carboxylic acids is 1. The van der Waals surface area contributed by atoms with E-state index in [-0.39, 0.29) is 11.7 Å². The quantitative estimate of drug-likeness (QED) is 0.748. The molecule has 2 aromatic carbocycles. The molecule has 3 aromatic rings. The number of nitrogens with two attached hydrogens (primary N) is 1. The van der Waals surface area contributed by atoms with Crippen molar-refractivity contribution in [2.24, 2.45) is 11.7 Å². The van der Waals surface area contributed by atoms with Gasteiger partial charge < -0.3 is 10.6 Å². The molecule has 0 spiro atoms. The third-order valence-electron chi connectivity index (χ3n) is 5.87. The summed E-state index contributed by atoms with van der Waals surface area (Å²) in [5.41, 5.74) is 7.88. The van der Waals surface area contributed by atoms with Crippen LogP contribution in [-0.2, 0) is 0 Å². The number of rotatable bonds is 4. The summed E-state index contributed by atoms with van der Waals surface area (Å²) in [6.07, 6.45) is 4.91. The van der Waals surface area contributed by atoms with Crippen molar-refractivity contribution in [3.05, 3.63) is 77.9 Å². The molecule has 2 N–H and O–H groups in total. The summed E-state index contributed by atoms with van der Waals surface area (Å²) < 4.78 is 14.0.